The van der Waals surface area contributed by atoms with Crippen molar-refractivity contribution in [2.24, 2.45) is 0 Å². The van der Waals surface area contributed by atoms with Crippen LogP contribution in [0.25, 0.3) is 142 Å². The molecular formula is C70H45N3S2. The molecule has 3 nitrogen and oxygen atoms in total. The second-order valence-corrected chi connectivity index (χ2v) is 21.6. The number of hydrogen-bond donors (Lipinski definition) is 0. The molecular weight excluding hydrogens is 947 g/mol. The molecule has 1 aliphatic carbocycles. The van der Waals surface area contributed by atoms with E-state index in [0.717, 1.165) is 79.9 Å². The van der Waals surface area contributed by atoms with Crippen molar-refractivity contribution in [3.05, 3.63) is 253 Å². The second-order valence-electron chi connectivity index (χ2n) is 19.4. The minimum absolute atomic E-state index is 0.660. The SMILES string of the molecule is C1=Cc2c(sc3c(-c4ccccc4-c4cc(-c5nc(-c6ccccc6)cc(-c6ccccc6)n5)cc(-c5ccccc5-c5cccc6c5sc5ccccc56)c4-n4c5ccccc5c5ccccc54)cccc23)CC1. The van der Waals surface area contributed by atoms with E-state index in [1.807, 2.05) is 22.7 Å². The van der Waals surface area contributed by atoms with Crippen LogP contribution in [0.3, 0.4) is 0 Å². The zero-order valence-corrected chi connectivity index (χ0v) is 42.4. The minimum Gasteiger partial charge on any atom is -0.308 e. The molecule has 0 radical (unpaired) electrons. The van der Waals surface area contributed by atoms with Crippen LogP contribution in [0.5, 0.6) is 0 Å². The van der Waals surface area contributed by atoms with E-state index in [1.54, 1.807) is 0 Å². The van der Waals surface area contributed by atoms with Gasteiger partial charge in [-0.25, -0.2) is 9.97 Å². The van der Waals surface area contributed by atoms with Gasteiger partial charge in [0, 0.05) is 84.9 Å². The Hall–Kier alpha value is -9.00. The molecule has 0 saturated heterocycles. The fourth-order valence-electron chi connectivity index (χ4n) is 11.7. The van der Waals surface area contributed by atoms with E-state index in [2.05, 4.69) is 253 Å². The molecule has 0 amide bonds. The molecule has 0 N–H and O–H groups in total. The molecule has 10 aromatic carbocycles. The highest BCUT2D eigenvalue weighted by atomic mass is 32.1. The van der Waals surface area contributed by atoms with Gasteiger partial charge in [0.2, 0.25) is 0 Å². The number of thiophene rings is 2. The van der Waals surface area contributed by atoms with Crippen LogP contribution >= 0.6 is 22.7 Å². The van der Waals surface area contributed by atoms with Crippen LogP contribution in [-0.2, 0) is 6.42 Å². The van der Waals surface area contributed by atoms with Crippen molar-refractivity contribution >= 4 is 80.8 Å². The Morgan fingerprint density at radius 1 is 0.360 bits per heavy atom. The first-order chi connectivity index (χ1) is 37.2. The van der Waals surface area contributed by atoms with E-state index in [0.29, 0.717) is 5.82 Å². The standard InChI is InChI=1S/C70H45N3S2/c1-3-21-44(22-4-1)61-43-62(45-23-5-2-6-24-45)72-70(71-61)46-41-59(49-27-9-7-25-47(49)55-33-19-35-57-53-31-13-17-39-65(53)74-68(55)57)67(73-63-37-15-11-29-51(63)52-30-12-16-38-64(52)73)60(42-46)50-28-10-8-26-48(50)56-34-20-36-58-54-32-14-18-40-66(54)75-69(56)58/h1-17,19-39,41-43H,18,40H2. The number of allylic oxidation sites excluding steroid dienone is 1. The smallest absolute Gasteiger partial charge is 0.160 e. The number of benzene rings is 10. The molecule has 5 heteroatoms. The van der Waals surface area contributed by atoms with Gasteiger partial charge in [0.05, 0.1) is 28.1 Å². The molecule has 15 rings (SSSR count). The predicted octanol–water partition coefficient (Wildman–Crippen LogP) is 19.8. The van der Waals surface area contributed by atoms with Crippen LogP contribution in [0.2, 0.25) is 0 Å². The fraction of sp³-hybridized carbons (Fsp3) is 0.0286. The molecule has 75 heavy (non-hydrogen) atoms. The van der Waals surface area contributed by atoms with Crippen molar-refractivity contribution < 1.29 is 0 Å². The van der Waals surface area contributed by atoms with Crippen LogP contribution in [-0.4, -0.2) is 14.5 Å². The van der Waals surface area contributed by atoms with E-state index in [4.69, 9.17) is 9.97 Å². The number of rotatable bonds is 8. The first-order valence-corrected chi connectivity index (χ1v) is 27.3. The normalized spacial score (nSPS) is 12.4. The molecule has 0 fully saturated rings. The molecule has 0 unspecified atom stereocenters. The van der Waals surface area contributed by atoms with E-state index in [-0.39, 0.29) is 0 Å². The van der Waals surface area contributed by atoms with Crippen molar-refractivity contribution in [2.45, 2.75) is 12.8 Å². The molecule has 0 saturated carbocycles. The van der Waals surface area contributed by atoms with Gasteiger partial charge in [-0.3, -0.25) is 0 Å². The monoisotopic (exact) mass is 991 g/mol. The molecule has 4 heterocycles. The highest BCUT2D eigenvalue weighted by molar-refractivity contribution is 7.26. The van der Waals surface area contributed by atoms with Crippen molar-refractivity contribution in [2.75, 3.05) is 0 Å². The number of hydrogen-bond acceptors (Lipinski definition) is 4. The van der Waals surface area contributed by atoms with E-state index >= 15 is 0 Å². The summed E-state index contributed by atoms with van der Waals surface area (Å²) in [5.74, 6) is 0.660. The van der Waals surface area contributed by atoms with Gasteiger partial charge < -0.3 is 4.57 Å². The maximum absolute atomic E-state index is 5.54. The highest BCUT2D eigenvalue weighted by Crippen LogP contribution is 2.51. The summed E-state index contributed by atoms with van der Waals surface area (Å²) in [6.45, 7) is 0. The number of fused-ring (bicyclic) bond motifs is 9. The van der Waals surface area contributed by atoms with Crippen LogP contribution in [0.1, 0.15) is 16.9 Å². The molecule has 4 aromatic heterocycles. The van der Waals surface area contributed by atoms with Gasteiger partial charge >= 0.3 is 0 Å². The van der Waals surface area contributed by atoms with Gasteiger partial charge in [-0.1, -0.05) is 212 Å². The van der Waals surface area contributed by atoms with E-state index in [1.165, 1.54) is 73.7 Å². The minimum atomic E-state index is 0.660. The quantitative estimate of drug-likeness (QED) is 0.152. The molecule has 1 aliphatic rings. The second kappa shape index (κ2) is 17.9. The number of para-hydroxylation sites is 2. The van der Waals surface area contributed by atoms with Gasteiger partial charge in [-0.05, 0) is 77.1 Å². The summed E-state index contributed by atoms with van der Waals surface area (Å²) in [5, 5.41) is 6.29. The molecule has 0 atom stereocenters. The molecule has 0 spiro atoms. The lowest BCUT2D eigenvalue weighted by Crippen LogP contribution is -2.04. The summed E-state index contributed by atoms with van der Waals surface area (Å²) in [6.07, 6.45) is 6.81. The van der Waals surface area contributed by atoms with Crippen LogP contribution < -0.4 is 0 Å². The average Bonchev–Trinajstić information content (AvgIpc) is 4.21. The summed E-state index contributed by atoms with van der Waals surface area (Å²) >= 11 is 3.83. The molecule has 0 aliphatic heterocycles. The topological polar surface area (TPSA) is 30.7 Å². The largest absolute Gasteiger partial charge is 0.308 e. The first-order valence-electron chi connectivity index (χ1n) is 25.7. The Balaban J connectivity index is 1.11. The zero-order chi connectivity index (χ0) is 49.4. The molecule has 352 valence electrons. The predicted molar refractivity (Wildman–Crippen MR) is 320 cm³/mol. The summed E-state index contributed by atoms with van der Waals surface area (Å²) in [5.41, 5.74) is 18.7. The van der Waals surface area contributed by atoms with Gasteiger partial charge in [-0.2, -0.15) is 0 Å². The van der Waals surface area contributed by atoms with Crippen LogP contribution in [0.4, 0.5) is 0 Å². The maximum atomic E-state index is 5.54. The van der Waals surface area contributed by atoms with E-state index in [9.17, 15) is 0 Å². The lowest BCUT2D eigenvalue weighted by atomic mass is 9.86. The summed E-state index contributed by atoms with van der Waals surface area (Å²) in [6, 6.07) is 86.4. The first kappa shape index (κ1) is 43.6. The lowest BCUT2D eigenvalue weighted by molar-refractivity contribution is 1.02. The lowest BCUT2D eigenvalue weighted by Gasteiger charge is -2.24. The Kier molecular flexibility index (Phi) is 10.4. The summed E-state index contributed by atoms with van der Waals surface area (Å²) in [7, 11) is 0. The van der Waals surface area contributed by atoms with Gasteiger partial charge in [0.25, 0.3) is 0 Å². The number of aryl methyl sites for hydroxylation is 1. The van der Waals surface area contributed by atoms with Crippen molar-refractivity contribution in [1.82, 2.24) is 14.5 Å². The van der Waals surface area contributed by atoms with Crippen molar-refractivity contribution in [3.8, 4) is 84.1 Å². The number of aromatic nitrogens is 3. The highest BCUT2D eigenvalue weighted by Gasteiger charge is 2.27. The molecule has 0 bridgehead atoms. The average molecular weight is 992 g/mol. The van der Waals surface area contributed by atoms with E-state index < -0.39 is 0 Å². The van der Waals surface area contributed by atoms with Gasteiger partial charge in [-0.15, -0.1) is 22.7 Å². The number of nitrogens with zero attached hydrogens (tertiary/aromatic N) is 3. The third kappa shape index (κ3) is 7.22. The fourth-order valence-corrected chi connectivity index (χ4v) is 14.3. The third-order valence-corrected chi connectivity index (χ3v) is 17.6. The maximum Gasteiger partial charge on any atom is 0.160 e. The Morgan fingerprint density at radius 2 is 0.827 bits per heavy atom. The van der Waals surface area contributed by atoms with Crippen molar-refractivity contribution in [3.63, 3.8) is 0 Å². The third-order valence-electron chi connectivity index (χ3n) is 15.1. The van der Waals surface area contributed by atoms with Gasteiger partial charge in [0.1, 0.15) is 0 Å². The summed E-state index contributed by atoms with van der Waals surface area (Å²) in [4.78, 5) is 12.6. The van der Waals surface area contributed by atoms with Gasteiger partial charge in [0.15, 0.2) is 5.82 Å². The Morgan fingerprint density at radius 3 is 1.43 bits per heavy atom. The summed E-state index contributed by atoms with van der Waals surface area (Å²) < 4.78 is 6.42. The Labute approximate surface area is 442 Å². The zero-order valence-electron chi connectivity index (χ0n) is 40.7. The van der Waals surface area contributed by atoms with Crippen LogP contribution in [0.15, 0.2) is 243 Å². The van der Waals surface area contributed by atoms with Crippen molar-refractivity contribution in [1.29, 1.82) is 0 Å². The van der Waals surface area contributed by atoms with Crippen LogP contribution in [0, 0.1) is 0 Å². The molecule has 14 aromatic rings. The Bertz CT molecular complexity index is 4480.